The van der Waals surface area contributed by atoms with Crippen LogP contribution in [0.3, 0.4) is 0 Å². The van der Waals surface area contributed by atoms with Crippen molar-refractivity contribution in [3.05, 3.63) is 23.8 Å². The maximum absolute atomic E-state index is 12.8. The van der Waals surface area contributed by atoms with Gasteiger partial charge in [-0.25, -0.2) is 4.79 Å². The molecule has 1 aromatic rings. The van der Waals surface area contributed by atoms with Gasteiger partial charge in [0.2, 0.25) is 6.79 Å². The number of hydrogen-bond donors (Lipinski definition) is 1. The third kappa shape index (κ3) is 4.18. The van der Waals surface area contributed by atoms with Crippen LogP contribution in [-0.4, -0.2) is 54.1 Å². The van der Waals surface area contributed by atoms with Crippen LogP contribution >= 0.6 is 0 Å². The summed E-state index contributed by atoms with van der Waals surface area (Å²) >= 11 is 0. The van der Waals surface area contributed by atoms with Gasteiger partial charge >= 0.3 is 12.0 Å². The highest BCUT2D eigenvalue weighted by atomic mass is 16.7. The van der Waals surface area contributed by atoms with E-state index in [0.717, 1.165) is 4.90 Å². The van der Waals surface area contributed by atoms with Crippen LogP contribution in [-0.2, 0) is 14.3 Å². The van der Waals surface area contributed by atoms with Crippen LogP contribution < -0.4 is 14.8 Å². The highest BCUT2D eigenvalue weighted by molar-refractivity contribution is 6.08. The molecule has 0 unspecified atom stereocenters. The number of Topliss-reactive ketones (excluding diaryl/α,β-unsaturated/α-hetero) is 1. The molecule has 29 heavy (non-hydrogen) atoms. The second kappa shape index (κ2) is 8.50. The lowest BCUT2D eigenvalue weighted by Crippen LogP contribution is -2.47. The molecule has 0 atom stereocenters. The molecule has 3 rings (SSSR count). The van der Waals surface area contributed by atoms with Crippen molar-refractivity contribution in [2.75, 3.05) is 19.9 Å². The van der Waals surface area contributed by atoms with Crippen molar-refractivity contribution in [1.29, 1.82) is 0 Å². The highest BCUT2D eigenvalue weighted by Crippen LogP contribution is 2.32. The molecule has 1 fully saturated rings. The standard InChI is InChI=1S/C20H24N2O7/c1-3-7-20(8-4-2)18(25)22(19(26)21-20)10-17(24)27-11-14(23)13-5-6-15-16(9-13)29-12-28-15/h5-6,9H,3-4,7-8,10-12H2,1-2H3,(H,21,26). The molecule has 0 aliphatic carbocycles. The minimum atomic E-state index is -0.969. The summed E-state index contributed by atoms with van der Waals surface area (Å²) in [6.45, 7) is 2.90. The molecule has 9 nitrogen and oxygen atoms in total. The van der Waals surface area contributed by atoms with E-state index in [1.165, 1.54) is 6.07 Å². The van der Waals surface area contributed by atoms with Crippen molar-refractivity contribution in [1.82, 2.24) is 10.2 Å². The molecule has 3 amide bonds. The zero-order valence-corrected chi connectivity index (χ0v) is 16.5. The van der Waals surface area contributed by atoms with Gasteiger partial charge in [0.1, 0.15) is 12.1 Å². The molecule has 2 aliphatic heterocycles. The number of hydrogen-bond acceptors (Lipinski definition) is 7. The molecule has 0 radical (unpaired) electrons. The summed E-state index contributed by atoms with van der Waals surface area (Å²) in [7, 11) is 0. The van der Waals surface area contributed by atoms with Gasteiger partial charge in [-0.1, -0.05) is 26.7 Å². The fourth-order valence-corrected chi connectivity index (χ4v) is 3.61. The third-order valence-electron chi connectivity index (χ3n) is 4.95. The first-order valence-corrected chi connectivity index (χ1v) is 9.62. The second-order valence-electron chi connectivity index (χ2n) is 7.06. The fourth-order valence-electron chi connectivity index (χ4n) is 3.61. The first-order valence-electron chi connectivity index (χ1n) is 9.62. The lowest BCUT2D eigenvalue weighted by molar-refractivity contribution is -0.147. The molecule has 0 spiro atoms. The monoisotopic (exact) mass is 404 g/mol. The quantitative estimate of drug-likeness (QED) is 0.381. The van der Waals surface area contributed by atoms with Crippen molar-refractivity contribution >= 4 is 23.7 Å². The number of imide groups is 1. The van der Waals surface area contributed by atoms with Gasteiger partial charge in [-0.2, -0.15) is 0 Å². The van der Waals surface area contributed by atoms with E-state index in [2.05, 4.69) is 5.32 Å². The van der Waals surface area contributed by atoms with Crippen molar-refractivity contribution in [3.63, 3.8) is 0 Å². The Morgan fingerprint density at radius 3 is 2.52 bits per heavy atom. The Morgan fingerprint density at radius 1 is 1.14 bits per heavy atom. The zero-order valence-electron chi connectivity index (χ0n) is 16.5. The average molecular weight is 404 g/mol. The maximum atomic E-state index is 12.8. The number of carbonyl (C=O) groups is 4. The summed E-state index contributed by atoms with van der Waals surface area (Å²) in [4.78, 5) is 50.3. The Morgan fingerprint density at radius 2 is 1.83 bits per heavy atom. The van der Waals surface area contributed by atoms with Crippen LogP contribution in [0.4, 0.5) is 4.79 Å². The average Bonchev–Trinajstić information content (AvgIpc) is 3.25. The van der Waals surface area contributed by atoms with E-state index in [-0.39, 0.29) is 6.79 Å². The minimum Gasteiger partial charge on any atom is -0.456 e. The van der Waals surface area contributed by atoms with E-state index in [1.54, 1.807) is 12.1 Å². The van der Waals surface area contributed by atoms with E-state index in [4.69, 9.17) is 14.2 Å². The van der Waals surface area contributed by atoms with E-state index >= 15 is 0 Å². The largest absolute Gasteiger partial charge is 0.456 e. The van der Waals surface area contributed by atoms with Crippen molar-refractivity contribution in [2.24, 2.45) is 0 Å². The van der Waals surface area contributed by atoms with Gasteiger partial charge in [0.05, 0.1) is 0 Å². The van der Waals surface area contributed by atoms with Gasteiger partial charge in [0.15, 0.2) is 23.9 Å². The predicted molar refractivity (Wildman–Crippen MR) is 101 cm³/mol. The van der Waals surface area contributed by atoms with Crippen LogP contribution in [0.25, 0.3) is 0 Å². The molecule has 1 aromatic carbocycles. The van der Waals surface area contributed by atoms with Gasteiger partial charge in [-0.3, -0.25) is 19.3 Å². The number of ketones is 1. The summed E-state index contributed by atoms with van der Waals surface area (Å²) in [5, 5.41) is 2.73. The summed E-state index contributed by atoms with van der Waals surface area (Å²) < 4.78 is 15.4. The Hall–Kier alpha value is -3.10. The van der Waals surface area contributed by atoms with Gasteiger partial charge in [0, 0.05) is 5.56 Å². The molecule has 0 aromatic heterocycles. The van der Waals surface area contributed by atoms with Gasteiger partial charge < -0.3 is 19.5 Å². The zero-order chi connectivity index (χ0) is 21.0. The van der Waals surface area contributed by atoms with Crippen molar-refractivity contribution < 1.29 is 33.4 Å². The molecule has 1 saturated heterocycles. The van der Waals surface area contributed by atoms with Gasteiger partial charge in [0.25, 0.3) is 5.91 Å². The van der Waals surface area contributed by atoms with Gasteiger partial charge in [-0.05, 0) is 31.0 Å². The molecular formula is C20H24N2O7. The van der Waals surface area contributed by atoms with E-state index in [9.17, 15) is 19.2 Å². The van der Waals surface area contributed by atoms with E-state index in [0.29, 0.717) is 42.7 Å². The summed E-state index contributed by atoms with van der Waals surface area (Å²) in [6.07, 6.45) is 2.43. The molecule has 156 valence electrons. The second-order valence-corrected chi connectivity index (χ2v) is 7.06. The number of fused-ring (bicyclic) bond motifs is 1. The predicted octanol–water partition coefficient (Wildman–Crippen LogP) is 2.03. The van der Waals surface area contributed by atoms with Crippen LogP contribution in [0, 0.1) is 0 Å². The van der Waals surface area contributed by atoms with Crippen LogP contribution in [0.2, 0.25) is 0 Å². The number of ether oxygens (including phenoxy) is 3. The Kier molecular flexibility index (Phi) is 6.05. The molecule has 0 bridgehead atoms. The Labute approximate surface area is 168 Å². The number of carbonyl (C=O) groups excluding carboxylic acids is 4. The van der Waals surface area contributed by atoms with E-state index < -0.39 is 42.4 Å². The molecule has 2 heterocycles. The van der Waals surface area contributed by atoms with Crippen LogP contribution in [0.5, 0.6) is 11.5 Å². The molecule has 9 heteroatoms. The topological polar surface area (TPSA) is 111 Å². The number of nitrogens with one attached hydrogen (secondary N) is 1. The first-order chi connectivity index (χ1) is 13.9. The maximum Gasteiger partial charge on any atom is 0.326 e. The molecule has 0 saturated carbocycles. The van der Waals surface area contributed by atoms with Crippen molar-refractivity contribution in [2.45, 2.75) is 45.1 Å². The first kappa shape index (κ1) is 20.6. The number of urea groups is 1. The van der Waals surface area contributed by atoms with Gasteiger partial charge in [-0.15, -0.1) is 0 Å². The smallest absolute Gasteiger partial charge is 0.326 e. The van der Waals surface area contributed by atoms with Crippen LogP contribution in [0.15, 0.2) is 18.2 Å². The summed E-state index contributed by atoms with van der Waals surface area (Å²) in [5.74, 6) is -0.693. The number of rotatable bonds is 9. The number of benzene rings is 1. The van der Waals surface area contributed by atoms with Crippen molar-refractivity contribution in [3.8, 4) is 11.5 Å². The third-order valence-corrected chi connectivity index (χ3v) is 4.95. The molecule has 2 aliphatic rings. The van der Waals surface area contributed by atoms with E-state index in [1.807, 2.05) is 13.8 Å². The number of amides is 3. The number of esters is 1. The lowest BCUT2D eigenvalue weighted by atomic mass is 9.88. The molecular weight excluding hydrogens is 380 g/mol. The molecule has 1 N–H and O–H groups in total. The number of nitrogens with zero attached hydrogens (tertiary/aromatic N) is 1. The Balaban J connectivity index is 1.57. The summed E-state index contributed by atoms with van der Waals surface area (Å²) in [5.41, 5.74) is -0.662. The fraction of sp³-hybridized carbons (Fsp3) is 0.500. The normalized spacial score (nSPS) is 16.7. The Bertz CT molecular complexity index is 830. The minimum absolute atomic E-state index is 0.0887. The summed E-state index contributed by atoms with van der Waals surface area (Å²) in [6, 6.07) is 4.05. The highest BCUT2D eigenvalue weighted by Gasteiger charge is 2.50. The van der Waals surface area contributed by atoms with Crippen LogP contribution in [0.1, 0.15) is 49.9 Å². The SMILES string of the molecule is CCCC1(CCC)NC(=O)N(CC(=O)OCC(=O)c2ccc3c(c2)OCO3)C1=O. The lowest BCUT2D eigenvalue weighted by Gasteiger charge is -2.25.